The van der Waals surface area contributed by atoms with Crippen molar-refractivity contribution in [3.63, 3.8) is 0 Å². The Morgan fingerprint density at radius 3 is 2.47 bits per heavy atom. The van der Waals surface area contributed by atoms with E-state index < -0.39 is 0 Å². The molecular formula is C15H26N2O2. The van der Waals surface area contributed by atoms with Gasteiger partial charge in [-0.25, -0.2) is 0 Å². The molecule has 0 saturated carbocycles. The molecule has 1 aromatic rings. The first-order valence-electron chi connectivity index (χ1n) is 7.27. The van der Waals surface area contributed by atoms with Crippen LogP contribution < -0.4 is 5.43 Å². The Balaban J connectivity index is 2.92. The lowest BCUT2D eigenvalue weighted by atomic mass is 10.2. The van der Waals surface area contributed by atoms with Gasteiger partial charge in [-0.3, -0.25) is 9.69 Å². The van der Waals surface area contributed by atoms with Gasteiger partial charge in [0.2, 0.25) is 5.43 Å². The number of nitrogens with zero attached hydrogens (tertiary/aromatic N) is 2. The minimum Gasteiger partial charge on any atom is -0.503 e. The highest BCUT2D eigenvalue weighted by atomic mass is 16.3. The molecule has 0 unspecified atom stereocenters. The van der Waals surface area contributed by atoms with Gasteiger partial charge in [-0.2, -0.15) is 0 Å². The highest BCUT2D eigenvalue weighted by molar-refractivity contribution is 5.20. The monoisotopic (exact) mass is 266 g/mol. The summed E-state index contributed by atoms with van der Waals surface area (Å²) in [6.45, 7) is 9.93. The average Bonchev–Trinajstić information content (AvgIpc) is 2.41. The van der Waals surface area contributed by atoms with Crippen LogP contribution in [0, 0.1) is 0 Å². The predicted octanol–water partition coefficient (Wildman–Crippen LogP) is 2.59. The van der Waals surface area contributed by atoms with E-state index in [2.05, 4.69) is 25.7 Å². The molecule has 0 bridgehead atoms. The van der Waals surface area contributed by atoms with Gasteiger partial charge in [0.15, 0.2) is 5.75 Å². The van der Waals surface area contributed by atoms with Crippen LogP contribution in [-0.4, -0.2) is 27.7 Å². The molecule has 0 saturated heterocycles. The van der Waals surface area contributed by atoms with Crippen LogP contribution in [0.2, 0.25) is 0 Å². The Morgan fingerprint density at radius 1 is 1.21 bits per heavy atom. The van der Waals surface area contributed by atoms with Crippen molar-refractivity contribution in [3.05, 3.63) is 28.2 Å². The van der Waals surface area contributed by atoms with Gasteiger partial charge in [-0.05, 0) is 19.5 Å². The molecule has 4 nitrogen and oxygen atoms in total. The molecule has 0 spiro atoms. The molecule has 0 aliphatic carbocycles. The zero-order valence-corrected chi connectivity index (χ0v) is 12.4. The Bertz CT molecular complexity index is 436. The third-order valence-electron chi connectivity index (χ3n) is 3.48. The minimum atomic E-state index is -0.283. The van der Waals surface area contributed by atoms with Crippen molar-refractivity contribution in [1.82, 2.24) is 9.47 Å². The lowest BCUT2D eigenvalue weighted by Gasteiger charge is -2.21. The Hall–Kier alpha value is -1.29. The van der Waals surface area contributed by atoms with Crippen LogP contribution in [0.5, 0.6) is 5.75 Å². The Morgan fingerprint density at radius 2 is 1.89 bits per heavy atom. The summed E-state index contributed by atoms with van der Waals surface area (Å²) in [4.78, 5) is 13.9. The molecule has 1 rings (SSSR count). The van der Waals surface area contributed by atoms with Crippen LogP contribution >= 0.6 is 0 Å². The van der Waals surface area contributed by atoms with E-state index in [-0.39, 0.29) is 11.2 Å². The molecule has 19 heavy (non-hydrogen) atoms. The van der Waals surface area contributed by atoms with Crippen LogP contribution in [0.1, 0.15) is 45.7 Å². The SMILES string of the molecule is CCCCCn1cc(O)c(=O)cc1CN(CC)CC. The van der Waals surface area contributed by atoms with Crippen LogP contribution in [0.3, 0.4) is 0 Å². The molecule has 1 heterocycles. The summed E-state index contributed by atoms with van der Waals surface area (Å²) in [5.41, 5.74) is 0.705. The van der Waals surface area contributed by atoms with Crippen molar-refractivity contribution in [2.45, 2.75) is 53.1 Å². The molecule has 0 aliphatic rings. The third-order valence-corrected chi connectivity index (χ3v) is 3.48. The summed E-state index contributed by atoms with van der Waals surface area (Å²) < 4.78 is 2.02. The summed E-state index contributed by atoms with van der Waals surface area (Å²) >= 11 is 0. The first kappa shape index (κ1) is 15.8. The summed E-state index contributed by atoms with van der Waals surface area (Å²) in [5, 5.41) is 9.58. The minimum absolute atomic E-state index is 0.153. The highest BCUT2D eigenvalue weighted by Crippen LogP contribution is 2.10. The number of unbranched alkanes of at least 4 members (excludes halogenated alkanes) is 2. The van der Waals surface area contributed by atoms with E-state index in [1.165, 1.54) is 0 Å². The number of hydrogen-bond donors (Lipinski definition) is 1. The molecule has 1 N–H and O–H groups in total. The number of aromatic hydroxyl groups is 1. The summed E-state index contributed by atoms with van der Waals surface area (Å²) in [6, 6.07) is 1.57. The molecule has 108 valence electrons. The van der Waals surface area contributed by atoms with E-state index in [0.717, 1.165) is 51.1 Å². The van der Waals surface area contributed by atoms with E-state index >= 15 is 0 Å². The van der Waals surface area contributed by atoms with Crippen LogP contribution in [0.25, 0.3) is 0 Å². The van der Waals surface area contributed by atoms with Crippen molar-refractivity contribution in [1.29, 1.82) is 0 Å². The zero-order chi connectivity index (χ0) is 14.3. The van der Waals surface area contributed by atoms with Gasteiger partial charge in [0.05, 0.1) is 6.20 Å². The first-order valence-corrected chi connectivity index (χ1v) is 7.27. The van der Waals surface area contributed by atoms with Crippen molar-refractivity contribution < 1.29 is 5.11 Å². The van der Waals surface area contributed by atoms with Gasteiger partial charge < -0.3 is 9.67 Å². The smallest absolute Gasteiger partial charge is 0.223 e. The third kappa shape index (κ3) is 4.71. The van der Waals surface area contributed by atoms with Crippen molar-refractivity contribution in [3.8, 4) is 5.75 Å². The van der Waals surface area contributed by atoms with E-state index in [9.17, 15) is 9.90 Å². The highest BCUT2D eigenvalue weighted by Gasteiger charge is 2.08. The molecule has 0 fully saturated rings. The molecule has 0 amide bonds. The molecular weight excluding hydrogens is 240 g/mol. The molecule has 0 aromatic carbocycles. The second kappa shape index (κ2) is 8.00. The van der Waals surface area contributed by atoms with Gasteiger partial charge in [-0.1, -0.05) is 33.6 Å². The fourth-order valence-corrected chi connectivity index (χ4v) is 2.16. The first-order chi connectivity index (χ1) is 9.12. The van der Waals surface area contributed by atoms with Crippen molar-refractivity contribution >= 4 is 0 Å². The van der Waals surface area contributed by atoms with Crippen molar-refractivity contribution in [2.75, 3.05) is 13.1 Å². The van der Waals surface area contributed by atoms with E-state index in [1.54, 1.807) is 12.3 Å². The second-order valence-electron chi connectivity index (χ2n) is 4.88. The largest absolute Gasteiger partial charge is 0.503 e. The van der Waals surface area contributed by atoms with E-state index in [0.29, 0.717) is 0 Å². The van der Waals surface area contributed by atoms with Crippen LogP contribution in [0.4, 0.5) is 0 Å². The number of aryl methyl sites for hydroxylation is 1. The molecule has 0 aliphatic heterocycles. The fourth-order valence-electron chi connectivity index (χ4n) is 2.16. The standard InChI is InChI=1S/C15H26N2O2/c1-4-7-8-9-17-12-15(19)14(18)10-13(17)11-16(5-2)6-3/h10,12,19H,4-9,11H2,1-3H3. The summed E-state index contributed by atoms with van der Waals surface area (Å²) in [7, 11) is 0. The maximum Gasteiger partial charge on any atom is 0.223 e. The fraction of sp³-hybridized carbons (Fsp3) is 0.667. The molecule has 1 aromatic heterocycles. The van der Waals surface area contributed by atoms with Crippen LogP contribution in [-0.2, 0) is 13.1 Å². The second-order valence-corrected chi connectivity index (χ2v) is 4.88. The lowest BCUT2D eigenvalue weighted by molar-refractivity contribution is 0.285. The topological polar surface area (TPSA) is 45.5 Å². The maximum atomic E-state index is 11.6. The Kier molecular flexibility index (Phi) is 6.64. The number of aromatic nitrogens is 1. The normalized spacial score (nSPS) is 11.2. The van der Waals surface area contributed by atoms with E-state index in [1.807, 2.05) is 4.57 Å². The Labute approximate surface area is 115 Å². The number of pyridine rings is 1. The quantitative estimate of drug-likeness (QED) is 0.736. The predicted molar refractivity (Wildman–Crippen MR) is 78.5 cm³/mol. The van der Waals surface area contributed by atoms with Gasteiger partial charge in [0.1, 0.15) is 0 Å². The average molecular weight is 266 g/mol. The van der Waals surface area contributed by atoms with E-state index in [4.69, 9.17) is 0 Å². The van der Waals surface area contributed by atoms with Crippen LogP contribution in [0.15, 0.2) is 17.1 Å². The summed E-state index contributed by atoms with van der Waals surface area (Å²) in [6.07, 6.45) is 4.98. The van der Waals surface area contributed by atoms with Crippen molar-refractivity contribution in [2.24, 2.45) is 0 Å². The van der Waals surface area contributed by atoms with Gasteiger partial charge in [0.25, 0.3) is 0 Å². The zero-order valence-electron chi connectivity index (χ0n) is 12.4. The van der Waals surface area contributed by atoms with Gasteiger partial charge in [0, 0.05) is 24.8 Å². The summed E-state index contributed by atoms with van der Waals surface area (Å²) in [5.74, 6) is -0.153. The van der Waals surface area contributed by atoms with Gasteiger partial charge in [-0.15, -0.1) is 0 Å². The van der Waals surface area contributed by atoms with Gasteiger partial charge >= 0.3 is 0 Å². The molecule has 0 radical (unpaired) electrons. The molecule has 0 atom stereocenters. The number of rotatable bonds is 8. The lowest BCUT2D eigenvalue weighted by Crippen LogP contribution is -2.25. The maximum absolute atomic E-state index is 11.6. The number of hydrogen-bond acceptors (Lipinski definition) is 3. The molecule has 4 heteroatoms.